The van der Waals surface area contributed by atoms with E-state index >= 15 is 0 Å². The highest BCUT2D eigenvalue weighted by atomic mass is 16.5. The highest BCUT2D eigenvalue weighted by Gasteiger charge is 2.62. The van der Waals surface area contributed by atoms with E-state index in [1.807, 2.05) is 0 Å². The van der Waals surface area contributed by atoms with E-state index in [-0.39, 0.29) is 17.3 Å². The molecule has 1 saturated heterocycles. The highest BCUT2D eigenvalue weighted by molar-refractivity contribution is 5.33. The second kappa shape index (κ2) is 4.20. The Bertz CT molecular complexity index is 509. The SMILES string of the molecule is CN1CCN(c2noc(C3C(C#N)C3(C)C)n2)CC1. The summed E-state index contributed by atoms with van der Waals surface area (Å²) in [6.07, 6.45) is 0. The van der Waals surface area contributed by atoms with Crippen LogP contribution in [0.5, 0.6) is 0 Å². The molecule has 2 aliphatic rings. The average molecular weight is 261 g/mol. The molecule has 0 N–H and O–H groups in total. The number of nitriles is 1. The number of piperazine rings is 1. The van der Waals surface area contributed by atoms with Gasteiger partial charge in [-0.1, -0.05) is 13.8 Å². The summed E-state index contributed by atoms with van der Waals surface area (Å²) in [4.78, 5) is 8.92. The predicted molar refractivity (Wildman–Crippen MR) is 69.6 cm³/mol. The van der Waals surface area contributed by atoms with E-state index < -0.39 is 0 Å². The summed E-state index contributed by atoms with van der Waals surface area (Å²) in [6, 6.07) is 2.32. The standard InChI is InChI=1S/C13H19N5O/c1-13(2)9(8-14)10(13)11-15-12(16-19-11)18-6-4-17(3)5-7-18/h9-10H,4-7H2,1-3H3. The van der Waals surface area contributed by atoms with Gasteiger partial charge in [-0.3, -0.25) is 0 Å². The lowest BCUT2D eigenvalue weighted by Crippen LogP contribution is -2.44. The normalized spacial score (nSPS) is 30.1. The summed E-state index contributed by atoms with van der Waals surface area (Å²) in [5, 5.41) is 13.2. The largest absolute Gasteiger partial charge is 0.337 e. The fourth-order valence-corrected chi connectivity index (χ4v) is 2.83. The number of anilines is 1. The molecule has 0 spiro atoms. The lowest BCUT2D eigenvalue weighted by atomic mass is 10.1. The molecule has 1 aromatic heterocycles. The molecule has 1 aromatic rings. The predicted octanol–water partition coefficient (Wildman–Crippen LogP) is 1.08. The molecule has 2 unspecified atom stereocenters. The van der Waals surface area contributed by atoms with Gasteiger partial charge >= 0.3 is 0 Å². The van der Waals surface area contributed by atoms with Crippen LogP contribution in [-0.4, -0.2) is 48.3 Å². The lowest BCUT2D eigenvalue weighted by Gasteiger charge is -2.31. The van der Waals surface area contributed by atoms with Crippen LogP contribution >= 0.6 is 0 Å². The third-order valence-electron chi connectivity index (χ3n) is 4.45. The van der Waals surface area contributed by atoms with Gasteiger partial charge in [-0.2, -0.15) is 10.2 Å². The molecule has 6 nitrogen and oxygen atoms in total. The molecule has 0 amide bonds. The number of hydrogen-bond donors (Lipinski definition) is 0. The zero-order valence-corrected chi connectivity index (χ0v) is 11.6. The first-order chi connectivity index (χ1) is 9.04. The molecule has 3 rings (SSSR count). The number of hydrogen-bond acceptors (Lipinski definition) is 6. The monoisotopic (exact) mass is 261 g/mol. The van der Waals surface area contributed by atoms with Crippen LogP contribution < -0.4 is 4.90 Å². The summed E-state index contributed by atoms with van der Waals surface area (Å²) < 4.78 is 5.37. The smallest absolute Gasteiger partial charge is 0.266 e. The number of likely N-dealkylation sites (N-methyl/N-ethyl adjacent to an activating group) is 1. The molecular formula is C13H19N5O. The van der Waals surface area contributed by atoms with Crippen molar-refractivity contribution in [2.45, 2.75) is 19.8 Å². The van der Waals surface area contributed by atoms with E-state index in [9.17, 15) is 0 Å². The Hall–Kier alpha value is -1.61. The van der Waals surface area contributed by atoms with Gasteiger partial charge in [-0.15, -0.1) is 0 Å². The second-order valence-electron chi connectivity index (χ2n) is 6.13. The van der Waals surface area contributed by atoms with Crippen molar-refractivity contribution in [1.82, 2.24) is 15.0 Å². The fraction of sp³-hybridized carbons (Fsp3) is 0.769. The van der Waals surface area contributed by atoms with Crippen molar-refractivity contribution in [1.29, 1.82) is 5.26 Å². The summed E-state index contributed by atoms with van der Waals surface area (Å²) in [7, 11) is 2.11. The summed E-state index contributed by atoms with van der Waals surface area (Å²) >= 11 is 0. The molecule has 0 bridgehead atoms. The van der Waals surface area contributed by atoms with Crippen LogP contribution in [0.3, 0.4) is 0 Å². The van der Waals surface area contributed by atoms with Crippen LogP contribution in [0, 0.1) is 22.7 Å². The first kappa shape index (κ1) is 12.4. The molecule has 1 saturated carbocycles. The van der Waals surface area contributed by atoms with E-state index in [2.05, 4.69) is 46.9 Å². The zero-order valence-electron chi connectivity index (χ0n) is 11.6. The maximum Gasteiger partial charge on any atom is 0.266 e. The molecule has 0 aromatic carbocycles. The van der Waals surface area contributed by atoms with Crippen LogP contribution in [0.15, 0.2) is 4.52 Å². The van der Waals surface area contributed by atoms with E-state index in [0.29, 0.717) is 11.8 Å². The van der Waals surface area contributed by atoms with Crippen LogP contribution in [0.2, 0.25) is 0 Å². The molecule has 1 aliphatic heterocycles. The van der Waals surface area contributed by atoms with Crippen LogP contribution in [0.4, 0.5) is 5.95 Å². The van der Waals surface area contributed by atoms with Gasteiger partial charge in [0.25, 0.3) is 5.95 Å². The topological polar surface area (TPSA) is 69.2 Å². The minimum atomic E-state index is -0.0410. The van der Waals surface area contributed by atoms with Crippen LogP contribution in [0.25, 0.3) is 0 Å². The Morgan fingerprint density at radius 2 is 2.00 bits per heavy atom. The maximum atomic E-state index is 9.10. The minimum absolute atomic E-state index is 0.00621. The van der Waals surface area contributed by atoms with Crippen molar-refractivity contribution in [3.05, 3.63) is 5.89 Å². The third kappa shape index (κ3) is 1.98. The molecule has 1 aliphatic carbocycles. The van der Waals surface area contributed by atoms with E-state index in [1.165, 1.54) is 0 Å². The zero-order chi connectivity index (χ0) is 13.6. The summed E-state index contributed by atoms with van der Waals surface area (Å²) in [5.74, 6) is 1.37. The van der Waals surface area contributed by atoms with Crippen molar-refractivity contribution in [2.75, 3.05) is 38.1 Å². The molecule has 0 radical (unpaired) electrons. The van der Waals surface area contributed by atoms with Gasteiger partial charge in [-0.05, 0) is 17.6 Å². The Morgan fingerprint density at radius 3 is 2.58 bits per heavy atom. The number of nitrogens with zero attached hydrogens (tertiary/aromatic N) is 5. The highest BCUT2D eigenvalue weighted by Crippen LogP contribution is 2.63. The van der Waals surface area contributed by atoms with Crippen molar-refractivity contribution in [2.24, 2.45) is 11.3 Å². The Kier molecular flexibility index (Phi) is 2.75. The average Bonchev–Trinajstić information content (AvgIpc) is 2.76. The molecule has 102 valence electrons. The van der Waals surface area contributed by atoms with Gasteiger partial charge in [0.2, 0.25) is 5.89 Å². The first-order valence-electron chi connectivity index (χ1n) is 6.70. The van der Waals surface area contributed by atoms with E-state index in [4.69, 9.17) is 9.78 Å². The van der Waals surface area contributed by atoms with Crippen LogP contribution in [0.1, 0.15) is 25.7 Å². The Morgan fingerprint density at radius 1 is 1.32 bits per heavy atom. The molecular weight excluding hydrogens is 242 g/mol. The first-order valence-corrected chi connectivity index (χ1v) is 6.70. The summed E-state index contributed by atoms with van der Waals surface area (Å²) in [6.45, 7) is 8.02. The molecule has 6 heteroatoms. The summed E-state index contributed by atoms with van der Waals surface area (Å²) in [5.41, 5.74) is -0.0410. The van der Waals surface area contributed by atoms with E-state index in [1.54, 1.807) is 0 Å². The fourth-order valence-electron chi connectivity index (χ4n) is 2.83. The molecule has 2 fully saturated rings. The van der Waals surface area contributed by atoms with Crippen molar-refractivity contribution in [3.8, 4) is 6.07 Å². The number of aromatic nitrogens is 2. The molecule has 2 atom stereocenters. The second-order valence-corrected chi connectivity index (χ2v) is 6.13. The Labute approximate surface area is 113 Å². The van der Waals surface area contributed by atoms with Gasteiger partial charge in [-0.25, -0.2) is 0 Å². The van der Waals surface area contributed by atoms with Gasteiger partial charge in [0.1, 0.15) is 0 Å². The Balaban J connectivity index is 1.73. The molecule has 19 heavy (non-hydrogen) atoms. The van der Waals surface area contributed by atoms with Crippen molar-refractivity contribution < 1.29 is 4.52 Å². The van der Waals surface area contributed by atoms with E-state index in [0.717, 1.165) is 26.2 Å². The maximum absolute atomic E-state index is 9.10. The van der Waals surface area contributed by atoms with Gasteiger partial charge in [0.15, 0.2) is 0 Å². The minimum Gasteiger partial charge on any atom is -0.337 e. The third-order valence-corrected chi connectivity index (χ3v) is 4.45. The van der Waals surface area contributed by atoms with Crippen molar-refractivity contribution >= 4 is 5.95 Å². The van der Waals surface area contributed by atoms with Gasteiger partial charge in [0, 0.05) is 26.2 Å². The molecule has 2 heterocycles. The quantitative estimate of drug-likeness (QED) is 0.793. The van der Waals surface area contributed by atoms with Crippen molar-refractivity contribution in [3.63, 3.8) is 0 Å². The lowest BCUT2D eigenvalue weighted by molar-refractivity contribution is 0.308. The van der Waals surface area contributed by atoms with Gasteiger partial charge in [0.05, 0.1) is 17.9 Å². The number of rotatable bonds is 2. The van der Waals surface area contributed by atoms with Crippen LogP contribution in [-0.2, 0) is 0 Å². The van der Waals surface area contributed by atoms with Gasteiger partial charge < -0.3 is 14.3 Å².